The number of amides is 1. The first-order valence-electron chi connectivity index (χ1n) is 9.31. The van der Waals surface area contributed by atoms with Crippen LogP contribution in [-0.2, 0) is 11.2 Å². The van der Waals surface area contributed by atoms with Crippen LogP contribution >= 0.6 is 0 Å². The van der Waals surface area contributed by atoms with Crippen LogP contribution in [0.3, 0.4) is 0 Å². The van der Waals surface area contributed by atoms with Crippen molar-refractivity contribution in [1.82, 2.24) is 14.9 Å². The number of fused-ring (bicyclic) bond motifs is 1. The Bertz CT molecular complexity index is 957. The zero-order valence-electron chi connectivity index (χ0n) is 15.5. The van der Waals surface area contributed by atoms with Crippen LogP contribution in [0.1, 0.15) is 21.5 Å². The van der Waals surface area contributed by atoms with Crippen molar-refractivity contribution in [1.29, 1.82) is 0 Å². The van der Waals surface area contributed by atoms with Gasteiger partial charge in [-0.3, -0.25) is 14.8 Å². The summed E-state index contributed by atoms with van der Waals surface area (Å²) in [5.41, 5.74) is 3.89. The molecule has 1 amide bonds. The third-order valence-corrected chi connectivity index (χ3v) is 4.94. The number of aromatic nitrogens is 2. The largest absolute Gasteiger partial charge is 0.379 e. The number of carbonyl (C=O) groups excluding carboxylic acids is 1. The lowest BCUT2D eigenvalue weighted by atomic mass is 9.98. The Labute approximate surface area is 159 Å². The van der Waals surface area contributed by atoms with E-state index in [0.717, 1.165) is 22.9 Å². The molecule has 0 N–H and O–H groups in total. The summed E-state index contributed by atoms with van der Waals surface area (Å²) in [5, 5.41) is 1.14. The molecule has 1 aromatic carbocycles. The van der Waals surface area contributed by atoms with E-state index in [-0.39, 0.29) is 11.8 Å². The molecule has 27 heavy (non-hydrogen) atoms. The number of aryl methyl sites for hydroxylation is 1. The van der Waals surface area contributed by atoms with Crippen LogP contribution in [0.5, 0.6) is 0 Å². The molecule has 3 heterocycles. The van der Waals surface area contributed by atoms with Crippen molar-refractivity contribution in [2.45, 2.75) is 13.3 Å². The second-order valence-corrected chi connectivity index (χ2v) is 7.18. The summed E-state index contributed by atoms with van der Waals surface area (Å²) in [7, 11) is 0. The third-order valence-electron chi connectivity index (χ3n) is 4.94. The van der Waals surface area contributed by atoms with Gasteiger partial charge in [0.05, 0.1) is 24.3 Å². The van der Waals surface area contributed by atoms with Crippen LogP contribution in [0, 0.1) is 12.8 Å². The number of benzene rings is 1. The fourth-order valence-electron chi connectivity index (χ4n) is 3.63. The molecule has 0 unspecified atom stereocenters. The molecule has 0 spiro atoms. The Morgan fingerprint density at radius 3 is 3.07 bits per heavy atom. The van der Waals surface area contributed by atoms with E-state index in [1.165, 1.54) is 5.56 Å². The molecule has 0 aliphatic carbocycles. The maximum absolute atomic E-state index is 12.9. The second-order valence-electron chi connectivity index (χ2n) is 7.18. The van der Waals surface area contributed by atoms with Gasteiger partial charge >= 0.3 is 0 Å². The normalized spacial score (nSPS) is 17.7. The number of nitrogens with zero attached hydrogens (tertiary/aromatic N) is 3. The Balaban J connectivity index is 1.50. The van der Waals surface area contributed by atoms with Crippen LogP contribution in [-0.4, -0.2) is 47.1 Å². The SMILES string of the molecule is Cc1cncc(C(=O)N2CCOC[C@@H](Cc3ccc4ncccc4c3)C2)c1. The standard InChI is InChI=1S/C22H23N3O2/c1-16-9-20(13-23-12-16)22(26)25-7-8-27-15-18(14-25)10-17-4-5-21-19(11-17)3-2-6-24-21/h2-6,9,11-13,18H,7-8,10,14-15H2,1H3/t18-/m0/s1. The van der Waals surface area contributed by atoms with Crippen molar-refractivity contribution in [3.8, 4) is 0 Å². The van der Waals surface area contributed by atoms with E-state index in [1.807, 2.05) is 30.2 Å². The Morgan fingerprint density at radius 1 is 1.26 bits per heavy atom. The highest BCUT2D eigenvalue weighted by molar-refractivity contribution is 5.94. The Morgan fingerprint density at radius 2 is 2.19 bits per heavy atom. The molecule has 5 nitrogen and oxygen atoms in total. The smallest absolute Gasteiger partial charge is 0.255 e. The fraction of sp³-hybridized carbons (Fsp3) is 0.318. The molecule has 1 atom stereocenters. The number of hydrogen-bond donors (Lipinski definition) is 0. The van der Waals surface area contributed by atoms with Crippen molar-refractivity contribution >= 4 is 16.8 Å². The highest BCUT2D eigenvalue weighted by Gasteiger charge is 2.24. The molecule has 1 fully saturated rings. The van der Waals surface area contributed by atoms with Crippen LogP contribution in [0.2, 0.25) is 0 Å². The quantitative estimate of drug-likeness (QED) is 0.718. The van der Waals surface area contributed by atoms with Gasteiger partial charge in [-0.2, -0.15) is 0 Å². The summed E-state index contributed by atoms with van der Waals surface area (Å²) in [6, 6.07) is 12.3. The molecular formula is C22H23N3O2. The maximum atomic E-state index is 12.9. The third kappa shape index (κ3) is 4.14. The van der Waals surface area contributed by atoms with Gasteiger partial charge in [-0.1, -0.05) is 12.1 Å². The summed E-state index contributed by atoms with van der Waals surface area (Å²) in [4.78, 5) is 23.3. The van der Waals surface area contributed by atoms with E-state index >= 15 is 0 Å². The molecule has 1 saturated heterocycles. The average Bonchev–Trinajstić information content (AvgIpc) is 2.93. The number of pyridine rings is 2. The van der Waals surface area contributed by atoms with Gasteiger partial charge in [-0.25, -0.2) is 0 Å². The van der Waals surface area contributed by atoms with Gasteiger partial charge in [0.1, 0.15) is 0 Å². The predicted molar refractivity (Wildman–Crippen MR) is 105 cm³/mol. The van der Waals surface area contributed by atoms with Crippen LogP contribution < -0.4 is 0 Å². The van der Waals surface area contributed by atoms with E-state index in [4.69, 9.17) is 4.74 Å². The highest BCUT2D eigenvalue weighted by atomic mass is 16.5. The Kier molecular flexibility index (Phi) is 5.12. The average molecular weight is 361 g/mol. The summed E-state index contributed by atoms with van der Waals surface area (Å²) in [6.45, 7) is 4.50. The highest BCUT2D eigenvalue weighted by Crippen LogP contribution is 2.19. The Hall–Kier alpha value is -2.79. The monoisotopic (exact) mass is 361 g/mol. The minimum atomic E-state index is 0.0319. The minimum Gasteiger partial charge on any atom is -0.379 e. The van der Waals surface area contributed by atoms with E-state index in [9.17, 15) is 4.79 Å². The molecule has 4 rings (SSSR count). The van der Waals surface area contributed by atoms with Crippen molar-refractivity contribution in [2.24, 2.45) is 5.92 Å². The first-order chi connectivity index (χ1) is 13.2. The molecule has 2 aromatic heterocycles. The van der Waals surface area contributed by atoms with Gasteiger partial charge in [0.25, 0.3) is 5.91 Å². The molecule has 0 bridgehead atoms. The molecule has 5 heteroatoms. The van der Waals surface area contributed by atoms with E-state index in [0.29, 0.717) is 31.9 Å². The van der Waals surface area contributed by atoms with Crippen molar-refractivity contribution < 1.29 is 9.53 Å². The number of rotatable bonds is 3. The van der Waals surface area contributed by atoms with Gasteiger partial charge in [-0.05, 0) is 48.7 Å². The van der Waals surface area contributed by atoms with Gasteiger partial charge in [0, 0.05) is 43.0 Å². The topological polar surface area (TPSA) is 55.3 Å². The first kappa shape index (κ1) is 17.6. The van der Waals surface area contributed by atoms with Gasteiger partial charge < -0.3 is 9.64 Å². The molecule has 3 aromatic rings. The van der Waals surface area contributed by atoms with E-state index < -0.39 is 0 Å². The molecule has 138 valence electrons. The number of hydrogen-bond acceptors (Lipinski definition) is 4. The van der Waals surface area contributed by atoms with E-state index in [2.05, 4.69) is 34.2 Å². The van der Waals surface area contributed by atoms with Gasteiger partial charge in [-0.15, -0.1) is 0 Å². The van der Waals surface area contributed by atoms with Crippen LogP contribution in [0.25, 0.3) is 10.9 Å². The molecule has 1 aliphatic heterocycles. The number of ether oxygens (including phenoxy) is 1. The molecule has 0 radical (unpaired) electrons. The zero-order chi connectivity index (χ0) is 18.6. The fourth-order valence-corrected chi connectivity index (χ4v) is 3.63. The summed E-state index contributed by atoms with van der Waals surface area (Å²) in [6.07, 6.45) is 6.09. The summed E-state index contributed by atoms with van der Waals surface area (Å²) >= 11 is 0. The lowest BCUT2D eigenvalue weighted by Crippen LogP contribution is -2.36. The van der Waals surface area contributed by atoms with Gasteiger partial charge in [0.15, 0.2) is 0 Å². The van der Waals surface area contributed by atoms with Crippen molar-refractivity contribution in [3.63, 3.8) is 0 Å². The van der Waals surface area contributed by atoms with Crippen molar-refractivity contribution in [3.05, 3.63) is 71.7 Å². The molecule has 1 aliphatic rings. The molecular weight excluding hydrogens is 338 g/mol. The summed E-state index contributed by atoms with van der Waals surface area (Å²) < 4.78 is 5.78. The molecule has 0 saturated carbocycles. The lowest BCUT2D eigenvalue weighted by Gasteiger charge is -2.24. The van der Waals surface area contributed by atoms with E-state index in [1.54, 1.807) is 12.4 Å². The van der Waals surface area contributed by atoms with Crippen molar-refractivity contribution in [2.75, 3.05) is 26.3 Å². The lowest BCUT2D eigenvalue weighted by molar-refractivity contribution is 0.0737. The zero-order valence-corrected chi connectivity index (χ0v) is 15.5. The maximum Gasteiger partial charge on any atom is 0.255 e. The minimum absolute atomic E-state index is 0.0319. The first-order valence-corrected chi connectivity index (χ1v) is 9.31. The van der Waals surface area contributed by atoms with Crippen LogP contribution in [0.4, 0.5) is 0 Å². The second kappa shape index (κ2) is 7.84. The van der Waals surface area contributed by atoms with Crippen LogP contribution in [0.15, 0.2) is 55.0 Å². The predicted octanol–water partition coefficient (Wildman–Crippen LogP) is 3.27. The number of carbonyl (C=O) groups is 1. The summed E-state index contributed by atoms with van der Waals surface area (Å²) in [5.74, 6) is 0.299. The van der Waals surface area contributed by atoms with Gasteiger partial charge in [0.2, 0.25) is 0 Å².